The van der Waals surface area contributed by atoms with Crippen LogP contribution in [-0.2, 0) is 0 Å². The molecule has 1 saturated heterocycles. The lowest BCUT2D eigenvalue weighted by atomic mass is 10.1. The highest BCUT2D eigenvalue weighted by atomic mass is 32.1. The molecule has 0 aliphatic carbocycles. The number of likely N-dealkylation sites (tertiary alicyclic amines) is 1. The van der Waals surface area contributed by atoms with Crippen LogP contribution in [0.5, 0.6) is 0 Å². The summed E-state index contributed by atoms with van der Waals surface area (Å²) in [6.07, 6.45) is 2.36. The Bertz CT molecular complexity index is 319. The van der Waals surface area contributed by atoms with Crippen molar-refractivity contribution in [2.45, 2.75) is 38.8 Å². The summed E-state index contributed by atoms with van der Waals surface area (Å²) in [5.41, 5.74) is 7.63. The minimum atomic E-state index is 0.328. The normalized spacial score (nSPS) is 27.4. The van der Waals surface area contributed by atoms with Gasteiger partial charge in [-0.25, -0.2) is 0 Å². The zero-order valence-corrected chi connectivity index (χ0v) is 10.4. The van der Waals surface area contributed by atoms with E-state index in [1.807, 2.05) is 11.3 Å². The summed E-state index contributed by atoms with van der Waals surface area (Å²) in [6, 6.07) is 3.01. The molecule has 15 heavy (non-hydrogen) atoms. The first-order valence-electron chi connectivity index (χ1n) is 5.77. The molecule has 0 radical (unpaired) electrons. The van der Waals surface area contributed by atoms with Gasteiger partial charge in [0, 0.05) is 17.5 Å². The van der Waals surface area contributed by atoms with Crippen molar-refractivity contribution in [3.8, 4) is 0 Å². The maximum atomic E-state index is 6.22. The second-order valence-corrected chi connectivity index (χ2v) is 5.35. The van der Waals surface area contributed by atoms with Crippen LogP contribution in [0.2, 0.25) is 0 Å². The summed E-state index contributed by atoms with van der Waals surface area (Å²) < 4.78 is 0. The van der Waals surface area contributed by atoms with E-state index in [2.05, 4.69) is 30.2 Å². The van der Waals surface area contributed by atoms with Gasteiger partial charge in [-0.15, -0.1) is 11.3 Å². The summed E-state index contributed by atoms with van der Waals surface area (Å²) >= 11 is 1.86. The van der Waals surface area contributed by atoms with Gasteiger partial charge >= 0.3 is 0 Å². The van der Waals surface area contributed by atoms with E-state index < -0.39 is 0 Å². The molecule has 2 unspecified atom stereocenters. The highest BCUT2D eigenvalue weighted by molar-refractivity contribution is 7.10. The summed E-state index contributed by atoms with van der Waals surface area (Å²) in [5, 5.41) is 2.18. The van der Waals surface area contributed by atoms with Crippen LogP contribution >= 0.6 is 11.3 Å². The van der Waals surface area contributed by atoms with Gasteiger partial charge in [-0.2, -0.15) is 0 Å². The van der Waals surface area contributed by atoms with Crippen molar-refractivity contribution in [3.63, 3.8) is 0 Å². The van der Waals surface area contributed by atoms with Crippen molar-refractivity contribution >= 4 is 11.3 Å². The van der Waals surface area contributed by atoms with Crippen LogP contribution in [0, 0.1) is 6.92 Å². The third kappa shape index (κ3) is 2.10. The van der Waals surface area contributed by atoms with E-state index in [1.165, 1.54) is 23.4 Å². The summed E-state index contributed by atoms with van der Waals surface area (Å²) in [5.74, 6) is 0. The Balaban J connectivity index is 2.21. The number of hydrogen-bond acceptors (Lipinski definition) is 3. The van der Waals surface area contributed by atoms with Crippen LogP contribution in [0.25, 0.3) is 0 Å². The number of nitrogens with zero attached hydrogens (tertiary/aromatic N) is 1. The van der Waals surface area contributed by atoms with Crippen molar-refractivity contribution in [1.82, 2.24) is 4.90 Å². The van der Waals surface area contributed by atoms with Crippen molar-refractivity contribution in [2.24, 2.45) is 5.73 Å². The molecule has 3 heteroatoms. The van der Waals surface area contributed by atoms with E-state index in [9.17, 15) is 0 Å². The van der Waals surface area contributed by atoms with E-state index in [4.69, 9.17) is 5.73 Å². The van der Waals surface area contributed by atoms with Crippen LogP contribution in [0.15, 0.2) is 11.4 Å². The predicted molar refractivity (Wildman–Crippen MR) is 66.3 cm³/mol. The average molecular weight is 224 g/mol. The minimum absolute atomic E-state index is 0.328. The molecular weight excluding hydrogens is 204 g/mol. The molecule has 1 fully saturated rings. The number of nitrogens with two attached hydrogens (primary N) is 1. The lowest BCUT2D eigenvalue weighted by molar-refractivity contribution is 0.251. The first-order valence-corrected chi connectivity index (χ1v) is 6.65. The smallest absolute Gasteiger partial charge is 0.0596 e. The lowest BCUT2D eigenvalue weighted by Crippen LogP contribution is -2.32. The minimum Gasteiger partial charge on any atom is -0.326 e. The Hall–Kier alpha value is -0.380. The Morgan fingerprint density at radius 1 is 1.60 bits per heavy atom. The Morgan fingerprint density at radius 3 is 3.00 bits per heavy atom. The van der Waals surface area contributed by atoms with Crippen molar-refractivity contribution in [3.05, 3.63) is 21.9 Å². The van der Waals surface area contributed by atoms with E-state index in [1.54, 1.807) is 0 Å². The highest BCUT2D eigenvalue weighted by Crippen LogP contribution is 2.35. The molecule has 2 rings (SSSR count). The third-order valence-electron chi connectivity index (χ3n) is 3.23. The van der Waals surface area contributed by atoms with E-state index in [-0.39, 0.29) is 0 Å². The Morgan fingerprint density at radius 2 is 2.40 bits per heavy atom. The van der Waals surface area contributed by atoms with E-state index >= 15 is 0 Å². The Kier molecular flexibility index (Phi) is 3.44. The van der Waals surface area contributed by atoms with Crippen LogP contribution in [0.4, 0.5) is 0 Å². The van der Waals surface area contributed by atoms with Gasteiger partial charge < -0.3 is 5.73 Å². The van der Waals surface area contributed by atoms with Crippen LogP contribution in [0.3, 0.4) is 0 Å². The van der Waals surface area contributed by atoms with Crippen molar-refractivity contribution in [1.29, 1.82) is 0 Å². The standard InChI is InChI=1S/C12H20N2S/c1-3-6-14-7-4-10(13)11(14)12-9(2)5-8-15-12/h5,8,10-11H,3-4,6-7,13H2,1-2H3. The van der Waals surface area contributed by atoms with Crippen LogP contribution < -0.4 is 5.73 Å². The number of rotatable bonds is 3. The molecule has 1 aromatic heterocycles. The van der Waals surface area contributed by atoms with Crippen molar-refractivity contribution in [2.75, 3.05) is 13.1 Å². The third-order valence-corrected chi connectivity index (χ3v) is 4.32. The fourth-order valence-electron chi connectivity index (χ4n) is 2.47. The van der Waals surface area contributed by atoms with Gasteiger partial charge in [0.15, 0.2) is 0 Å². The fourth-order valence-corrected chi connectivity index (χ4v) is 3.60. The molecule has 2 atom stereocenters. The van der Waals surface area contributed by atoms with Gasteiger partial charge in [0.1, 0.15) is 0 Å². The fraction of sp³-hybridized carbons (Fsp3) is 0.667. The van der Waals surface area contributed by atoms with Gasteiger partial charge in [0.25, 0.3) is 0 Å². The molecule has 0 spiro atoms. The number of aryl methyl sites for hydroxylation is 1. The molecule has 0 aromatic carbocycles. The van der Waals surface area contributed by atoms with Crippen LogP contribution in [-0.4, -0.2) is 24.0 Å². The van der Waals surface area contributed by atoms with E-state index in [0.717, 1.165) is 13.0 Å². The van der Waals surface area contributed by atoms with Gasteiger partial charge in [-0.3, -0.25) is 4.90 Å². The number of hydrogen-bond donors (Lipinski definition) is 1. The summed E-state index contributed by atoms with van der Waals surface area (Å²) in [4.78, 5) is 4.03. The van der Waals surface area contributed by atoms with Crippen molar-refractivity contribution < 1.29 is 0 Å². The predicted octanol–water partition coefficient (Wildman–Crippen LogP) is 2.54. The zero-order valence-electron chi connectivity index (χ0n) is 9.57. The summed E-state index contributed by atoms with van der Waals surface area (Å²) in [6.45, 7) is 6.77. The molecule has 84 valence electrons. The second-order valence-electron chi connectivity index (χ2n) is 4.40. The molecule has 1 aliphatic heterocycles. The molecule has 2 nitrogen and oxygen atoms in total. The number of thiophene rings is 1. The lowest BCUT2D eigenvalue weighted by Gasteiger charge is -2.26. The quantitative estimate of drug-likeness (QED) is 0.855. The molecule has 0 amide bonds. The molecule has 2 heterocycles. The first kappa shape index (κ1) is 11.1. The highest BCUT2D eigenvalue weighted by Gasteiger charge is 2.33. The molecule has 0 saturated carbocycles. The van der Waals surface area contributed by atoms with Gasteiger partial charge in [0.2, 0.25) is 0 Å². The van der Waals surface area contributed by atoms with Gasteiger partial charge in [-0.05, 0) is 43.3 Å². The first-order chi connectivity index (χ1) is 7.24. The molecule has 1 aliphatic rings. The topological polar surface area (TPSA) is 29.3 Å². The molecule has 1 aromatic rings. The van der Waals surface area contributed by atoms with Crippen LogP contribution in [0.1, 0.15) is 36.2 Å². The van der Waals surface area contributed by atoms with Gasteiger partial charge in [-0.1, -0.05) is 6.92 Å². The molecule has 0 bridgehead atoms. The van der Waals surface area contributed by atoms with E-state index in [0.29, 0.717) is 12.1 Å². The second kappa shape index (κ2) is 4.64. The Labute approximate surface area is 96.1 Å². The zero-order chi connectivity index (χ0) is 10.8. The monoisotopic (exact) mass is 224 g/mol. The summed E-state index contributed by atoms with van der Waals surface area (Å²) in [7, 11) is 0. The SMILES string of the molecule is CCCN1CCC(N)C1c1sccc1C. The maximum absolute atomic E-state index is 6.22. The molecule has 2 N–H and O–H groups in total. The largest absolute Gasteiger partial charge is 0.326 e. The van der Waals surface area contributed by atoms with Gasteiger partial charge in [0.05, 0.1) is 6.04 Å². The molecular formula is C12H20N2S. The average Bonchev–Trinajstić information content (AvgIpc) is 2.75. The maximum Gasteiger partial charge on any atom is 0.0596 e.